The van der Waals surface area contributed by atoms with E-state index in [2.05, 4.69) is 34.6 Å². The van der Waals surface area contributed by atoms with Crippen molar-refractivity contribution >= 4 is 0 Å². The van der Waals surface area contributed by atoms with Gasteiger partial charge in [-0.05, 0) is 42.4 Å². The molecule has 0 N–H and O–H groups in total. The van der Waals surface area contributed by atoms with Gasteiger partial charge in [0.1, 0.15) is 0 Å². The Hall–Kier alpha value is 0. The molecule has 0 saturated heterocycles. The lowest BCUT2D eigenvalue weighted by Crippen LogP contribution is -2.24. The summed E-state index contributed by atoms with van der Waals surface area (Å²) in [5.74, 6) is 4.84. The molecule has 16 heavy (non-hydrogen) atoms. The molecule has 0 aromatic rings. The Kier molecular flexibility index (Phi) is 5.86. The fourth-order valence-electron chi connectivity index (χ4n) is 2.81. The van der Waals surface area contributed by atoms with Gasteiger partial charge in [0.2, 0.25) is 0 Å². The average molecular weight is 224 g/mol. The predicted molar refractivity (Wildman–Crippen MR) is 73.5 cm³/mol. The molecule has 0 bridgehead atoms. The van der Waals surface area contributed by atoms with E-state index in [0.717, 1.165) is 29.6 Å². The Morgan fingerprint density at radius 1 is 0.875 bits per heavy atom. The Labute approximate surface area is 103 Å². The zero-order chi connectivity index (χ0) is 12.1. The summed E-state index contributed by atoms with van der Waals surface area (Å²) in [5.41, 5.74) is 0. The van der Waals surface area contributed by atoms with Crippen LogP contribution in [0.15, 0.2) is 0 Å². The summed E-state index contributed by atoms with van der Waals surface area (Å²) in [4.78, 5) is 0. The van der Waals surface area contributed by atoms with Gasteiger partial charge in [-0.25, -0.2) is 0 Å². The van der Waals surface area contributed by atoms with Crippen LogP contribution in [0.25, 0.3) is 0 Å². The topological polar surface area (TPSA) is 0 Å². The molecule has 4 atom stereocenters. The number of hydrogen-bond acceptors (Lipinski definition) is 0. The van der Waals surface area contributed by atoms with Crippen molar-refractivity contribution in [2.24, 2.45) is 29.6 Å². The molecule has 0 heterocycles. The Balaban J connectivity index is 2.10. The zero-order valence-electron chi connectivity index (χ0n) is 12.1. The van der Waals surface area contributed by atoms with Gasteiger partial charge in [-0.1, -0.05) is 60.3 Å². The maximum atomic E-state index is 2.47. The van der Waals surface area contributed by atoms with Gasteiger partial charge in [0.25, 0.3) is 0 Å². The van der Waals surface area contributed by atoms with Crippen LogP contribution in [0.3, 0.4) is 0 Å². The van der Waals surface area contributed by atoms with Gasteiger partial charge >= 0.3 is 0 Å². The Morgan fingerprint density at radius 3 is 1.94 bits per heavy atom. The predicted octanol–water partition coefficient (Wildman–Crippen LogP) is 5.52. The van der Waals surface area contributed by atoms with Crippen LogP contribution in [-0.4, -0.2) is 0 Å². The SMILES string of the molecule is CC(C)CCC(C)C(C)CCC1CCC1C. The third-order valence-corrected chi connectivity index (χ3v) is 4.96. The highest BCUT2D eigenvalue weighted by Gasteiger charge is 2.27. The fraction of sp³-hybridized carbons (Fsp3) is 1.00. The molecule has 0 aromatic heterocycles. The molecule has 0 nitrogen and oxygen atoms in total. The second-order valence-corrected chi connectivity index (χ2v) is 6.82. The molecule has 1 aliphatic rings. The molecule has 1 fully saturated rings. The van der Waals surface area contributed by atoms with Gasteiger partial charge in [0.05, 0.1) is 0 Å². The molecule has 96 valence electrons. The van der Waals surface area contributed by atoms with Gasteiger partial charge < -0.3 is 0 Å². The van der Waals surface area contributed by atoms with E-state index in [1.807, 2.05) is 0 Å². The second-order valence-electron chi connectivity index (χ2n) is 6.82. The van der Waals surface area contributed by atoms with Crippen LogP contribution < -0.4 is 0 Å². The van der Waals surface area contributed by atoms with Crippen LogP contribution in [0.2, 0.25) is 0 Å². The molecular formula is C16H32. The molecule has 1 aliphatic carbocycles. The first-order valence-corrected chi connectivity index (χ1v) is 7.50. The molecule has 0 amide bonds. The lowest BCUT2D eigenvalue weighted by molar-refractivity contribution is 0.163. The van der Waals surface area contributed by atoms with Crippen molar-refractivity contribution in [3.8, 4) is 0 Å². The van der Waals surface area contributed by atoms with Crippen molar-refractivity contribution < 1.29 is 0 Å². The van der Waals surface area contributed by atoms with E-state index in [9.17, 15) is 0 Å². The maximum absolute atomic E-state index is 2.47. The van der Waals surface area contributed by atoms with Gasteiger partial charge in [-0.2, -0.15) is 0 Å². The Morgan fingerprint density at radius 2 is 1.50 bits per heavy atom. The third kappa shape index (κ3) is 4.47. The minimum absolute atomic E-state index is 0.876. The standard InChI is InChI=1S/C16H32/c1-12(2)6-7-13(3)14(4)8-10-16-11-9-15(16)5/h12-16H,6-11H2,1-5H3. The first-order chi connectivity index (χ1) is 7.50. The van der Waals surface area contributed by atoms with E-state index in [1.165, 1.54) is 38.5 Å². The minimum Gasteiger partial charge on any atom is -0.0628 e. The molecule has 0 aliphatic heterocycles. The van der Waals surface area contributed by atoms with Crippen molar-refractivity contribution in [1.82, 2.24) is 0 Å². The van der Waals surface area contributed by atoms with Crippen molar-refractivity contribution in [3.05, 3.63) is 0 Å². The minimum atomic E-state index is 0.876. The van der Waals surface area contributed by atoms with Gasteiger partial charge in [0.15, 0.2) is 0 Å². The van der Waals surface area contributed by atoms with E-state index < -0.39 is 0 Å². The molecule has 4 unspecified atom stereocenters. The average Bonchev–Trinajstić information content (AvgIpc) is 2.23. The highest BCUT2D eigenvalue weighted by molar-refractivity contribution is 4.78. The van der Waals surface area contributed by atoms with E-state index in [0.29, 0.717) is 0 Å². The van der Waals surface area contributed by atoms with Crippen molar-refractivity contribution in [1.29, 1.82) is 0 Å². The van der Waals surface area contributed by atoms with Crippen molar-refractivity contribution in [3.63, 3.8) is 0 Å². The third-order valence-electron chi connectivity index (χ3n) is 4.96. The zero-order valence-corrected chi connectivity index (χ0v) is 12.1. The van der Waals surface area contributed by atoms with Gasteiger partial charge in [-0.3, -0.25) is 0 Å². The van der Waals surface area contributed by atoms with E-state index in [4.69, 9.17) is 0 Å². The highest BCUT2D eigenvalue weighted by atomic mass is 14.3. The molecule has 1 saturated carbocycles. The fourth-order valence-corrected chi connectivity index (χ4v) is 2.81. The lowest BCUT2D eigenvalue weighted by atomic mass is 9.71. The highest BCUT2D eigenvalue weighted by Crippen LogP contribution is 2.38. The van der Waals surface area contributed by atoms with Crippen LogP contribution in [0.4, 0.5) is 0 Å². The quantitative estimate of drug-likeness (QED) is 0.534. The molecule has 0 spiro atoms. The molecule has 1 rings (SSSR count). The monoisotopic (exact) mass is 224 g/mol. The molecule has 0 heteroatoms. The smallest absolute Gasteiger partial charge is 0.0388 e. The summed E-state index contributed by atoms with van der Waals surface area (Å²) in [6.45, 7) is 12.0. The molecule has 0 aromatic carbocycles. The van der Waals surface area contributed by atoms with Crippen molar-refractivity contribution in [2.45, 2.75) is 73.1 Å². The first kappa shape index (κ1) is 14.1. The molecular weight excluding hydrogens is 192 g/mol. The van der Waals surface area contributed by atoms with Gasteiger partial charge in [0, 0.05) is 0 Å². The van der Waals surface area contributed by atoms with Crippen LogP contribution in [0.5, 0.6) is 0 Å². The largest absolute Gasteiger partial charge is 0.0628 e. The summed E-state index contributed by atoms with van der Waals surface area (Å²) in [7, 11) is 0. The summed E-state index contributed by atoms with van der Waals surface area (Å²) < 4.78 is 0. The van der Waals surface area contributed by atoms with Crippen LogP contribution in [0, 0.1) is 29.6 Å². The van der Waals surface area contributed by atoms with Gasteiger partial charge in [-0.15, -0.1) is 0 Å². The van der Waals surface area contributed by atoms with Crippen molar-refractivity contribution in [2.75, 3.05) is 0 Å². The summed E-state index contributed by atoms with van der Waals surface area (Å²) in [5, 5.41) is 0. The van der Waals surface area contributed by atoms with E-state index in [-0.39, 0.29) is 0 Å². The van der Waals surface area contributed by atoms with E-state index in [1.54, 1.807) is 0 Å². The Bertz CT molecular complexity index is 182. The normalized spacial score (nSPS) is 28.9. The maximum Gasteiger partial charge on any atom is -0.0388 e. The van der Waals surface area contributed by atoms with Crippen LogP contribution in [-0.2, 0) is 0 Å². The van der Waals surface area contributed by atoms with Crippen LogP contribution in [0.1, 0.15) is 73.1 Å². The summed E-state index contributed by atoms with van der Waals surface area (Å²) >= 11 is 0. The van der Waals surface area contributed by atoms with Crippen LogP contribution >= 0.6 is 0 Å². The lowest BCUT2D eigenvalue weighted by Gasteiger charge is -2.35. The number of hydrogen-bond donors (Lipinski definition) is 0. The first-order valence-electron chi connectivity index (χ1n) is 7.50. The summed E-state index contributed by atoms with van der Waals surface area (Å²) in [6, 6.07) is 0. The number of rotatable bonds is 7. The second kappa shape index (κ2) is 6.67. The van der Waals surface area contributed by atoms with E-state index >= 15 is 0 Å². The molecule has 0 radical (unpaired) electrons. The summed E-state index contributed by atoms with van der Waals surface area (Å²) in [6.07, 6.45) is 8.79.